The molecule has 1 unspecified atom stereocenters. The predicted octanol–water partition coefficient (Wildman–Crippen LogP) is 1.79. The molecule has 0 heterocycles. The SMILES string of the molecule is COC(=O)C(N)(CC(=O)c1ccccc1)C(C)C. The molecular formula is C14H19NO3. The molecule has 0 spiro atoms. The van der Waals surface area contributed by atoms with Crippen LogP contribution in [0.2, 0.25) is 0 Å². The molecular weight excluding hydrogens is 230 g/mol. The number of ketones is 1. The van der Waals surface area contributed by atoms with Gasteiger partial charge in [0.1, 0.15) is 5.54 Å². The molecule has 1 rings (SSSR count). The van der Waals surface area contributed by atoms with Crippen LogP contribution in [-0.4, -0.2) is 24.4 Å². The summed E-state index contributed by atoms with van der Waals surface area (Å²) in [6, 6.07) is 8.80. The molecule has 4 heteroatoms. The molecule has 4 nitrogen and oxygen atoms in total. The van der Waals surface area contributed by atoms with Gasteiger partial charge in [-0.05, 0) is 5.92 Å². The highest BCUT2D eigenvalue weighted by molar-refractivity contribution is 6.00. The second-order valence-electron chi connectivity index (χ2n) is 4.65. The summed E-state index contributed by atoms with van der Waals surface area (Å²) in [5.41, 5.74) is 5.31. The quantitative estimate of drug-likeness (QED) is 0.638. The Labute approximate surface area is 107 Å². The first kappa shape index (κ1) is 14.4. The molecule has 1 atom stereocenters. The summed E-state index contributed by atoms with van der Waals surface area (Å²) >= 11 is 0. The number of hydrogen-bond acceptors (Lipinski definition) is 4. The molecule has 0 radical (unpaired) electrons. The fourth-order valence-electron chi connectivity index (χ4n) is 1.69. The molecule has 98 valence electrons. The molecule has 2 N–H and O–H groups in total. The predicted molar refractivity (Wildman–Crippen MR) is 69.2 cm³/mol. The summed E-state index contributed by atoms with van der Waals surface area (Å²) in [7, 11) is 1.28. The summed E-state index contributed by atoms with van der Waals surface area (Å²) in [5, 5.41) is 0. The molecule has 0 fully saturated rings. The first-order valence-corrected chi connectivity index (χ1v) is 5.87. The van der Waals surface area contributed by atoms with Gasteiger partial charge in [-0.25, -0.2) is 0 Å². The van der Waals surface area contributed by atoms with Crippen molar-refractivity contribution in [3.05, 3.63) is 35.9 Å². The highest BCUT2D eigenvalue weighted by Gasteiger charge is 2.40. The van der Waals surface area contributed by atoms with E-state index in [0.717, 1.165) is 0 Å². The summed E-state index contributed by atoms with van der Waals surface area (Å²) in [6.45, 7) is 3.60. The van der Waals surface area contributed by atoms with Crippen LogP contribution in [0.1, 0.15) is 30.6 Å². The van der Waals surface area contributed by atoms with Gasteiger partial charge in [0, 0.05) is 12.0 Å². The van der Waals surface area contributed by atoms with E-state index in [0.29, 0.717) is 5.56 Å². The fourth-order valence-corrected chi connectivity index (χ4v) is 1.69. The lowest BCUT2D eigenvalue weighted by atomic mass is 9.81. The average molecular weight is 249 g/mol. The smallest absolute Gasteiger partial charge is 0.326 e. The van der Waals surface area contributed by atoms with Crippen LogP contribution >= 0.6 is 0 Å². The molecule has 0 amide bonds. The number of esters is 1. The fraction of sp³-hybridized carbons (Fsp3) is 0.429. The van der Waals surface area contributed by atoms with Gasteiger partial charge < -0.3 is 10.5 Å². The molecule has 0 aliphatic heterocycles. The Morgan fingerprint density at radius 1 is 1.28 bits per heavy atom. The monoisotopic (exact) mass is 249 g/mol. The number of nitrogens with two attached hydrogens (primary N) is 1. The number of hydrogen-bond donors (Lipinski definition) is 1. The Bertz CT molecular complexity index is 428. The van der Waals surface area contributed by atoms with Gasteiger partial charge in [0.2, 0.25) is 0 Å². The first-order valence-electron chi connectivity index (χ1n) is 5.87. The van der Waals surface area contributed by atoms with E-state index in [1.807, 2.05) is 6.07 Å². The first-order chi connectivity index (χ1) is 8.41. The van der Waals surface area contributed by atoms with E-state index in [9.17, 15) is 9.59 Å². The van der Waals surface area contributed by atoms with Crippen LogP contribution in [0.25, 0.3) is 0 Å². The Morgan fingerprint density at radius 2 is 1.83 bits per heavy atom. The lowest BCUT2D eigenvalue weighted by molar-refractivity contribution is -0.148. The molecule has 18 heavy (non-hydrogen) atoms. The van der Waals surface area contributed by atoms with Crippen molar-refractivity contribution in [2.75, 3.05) is 7.11 Å². The molecule has 0 saturated heterocycles. The minimum absolute atomic E-state index is 0.0542. The van der Waals surface area contributed by atoms with Crippen LogP contribution in [0.3, 0.4) is 0 Å². The number of methoxy groups -OCH3 is 1. The largest absolute Gasteiger partial charge is 0.468 e. The maximum absolute atomic E-state index is 12.1. The van der Waals surface area contributed by atoms with E-state index in [2.05, 4.69) is 0 Å². The third kappa shape index (κ3) is 2.96. The van der Waals surface area contributed by atoms with Crippen LogP contribution in [0.4, 0.5) is 0 Å². The Hall–Kier alpha value is -1.68. The maximum Gasteiger partial charge on any atom is 0.326 e. The van der Waals surface area contributed by atoms with Crippen LogP contribution in [0.5, 0.6) is 0 Å². The zero-order chi connectivity index (χ0) is 13.8. The van der Waals surface area contributed by atoms with E-state index >= 15 is 0 Å². The summed E-state index contributed by atoms with van der Waals surface area (Å²) in [6.07, 6.45) is -0.0542. The molecule has 0 aliphatic carbocycles. The molecule has 1 aromatic rings. The van der Waals surface area contributed by atoms with Crippen LogP contribution in [0, 0.1) is 5.92 Å². The van der Waals surface area contributed by atoms with Gasteiger partial charge in [0.05, 0.1) is 7.11 Å². The van der Waals surface area contributed by atoms with Crippen molar-refractivity contribution in [1.82, 2.24) is 0 Å². The van der Waals surface area contributed by atoms with Crippen LogP contribution < -0.4 is 5.73 Å². The minimum Gasteiger partial charge on any atom is -0.468 e. The Kier molecular flexibility index (Phi) is 4.62. The normalized spacial score (nSPS) is 14.1. The lowest BCUT2D eigenvalue weighted by Crippen LogP contribution is -2.54. The summed E-state index contributed by atoms with van der Waals surface area (Å²) in [4.78, 5) is 23.8. The third-order valence-corrected chi connectivity index (χ3v) is 3.14. The van der Waals surface area contributed by atoms with Gasteiger partial charge in [-0.3, -0.25) is 9.59 Å². The van der Waals surface area contributed by atoms with Crippen molar-refractivity contribution in [2.45, 2.75) is 25.8 Å². The van der Waals surface area contributed by atoms with Crippen molar-refractivity contribution >= 4 is 11.8 Å². The van der Waals surface area contributed by atoms with E-state index in [1.165, 1.54) is 7.11 Å². The van der Waals surface area contributed by atoms with Crippen molar-refractivity contribution in [1.29, 1.82) is 0 Å². The van der Waals surface area contributed by atoms with Gasteiger partial charge in [0.15, 0.2) is 5.78 Å². The number of rotatable bonds is 5. The number of carbonyl (C=O) groups excluding carboxylic acids is 2. The van der Waals surface area contributed by atoms with Gasteiger partial charge in [-0.2, -0.15) is 0 Å². The topological polar surface area (TPSA) is 69.4 Å². The second kappa shape index (κ2) is 5.78. The summed E-state index contributed by atoms with van der Waals surface area (Å²) in [5.74, 6) is -0.892. The Morgan fingerprint density at radius 3 is 2.28 bits per heavy atom. The van der Waals surface area contributed by atoms with Crippen LogP contribution in [0.15, 0.2) is 30.3 Å². The molecule has 0 bridgehead atoms. The second-order valence-corrected chi connectivity index (χ2v) is 4.65. The lowest BCUT2D eigenvalue weighted by Gasteiger charge is -2.29. The average Bonchev–Trinajstić information content (AvgIpc) is 2.38. The highest BCUT2D eigenvalue weighted by Crippen LogP contribution is 2.22. The third-order valence-electron chi connectivity index (χ3n) is 3.14. The van der Waals surface area contributed by atoms with E-state index in [-0.39, 0.29) is 18.1 Å². The van der Waals surface area contributed by atoms with Gasteiger partial charge in [-0.1, -0.05) is 44.2 Å². The minimum atomic E-state index is -1.28. The van der Waals surface area contributed by atoms with Crippen LogP contribution in [-0.2, 0) is 9.53 Å². The van der Waals surface area contributed by atoms with Gasteiger partial charge in [0.25, 0.3) is 0 Å². The van der Waals surface area contributed by atoms with E-state index < -0.39 is 11.5 Å². The molecule has 1 aromatic carbocycles. The molecule has 0 aromatic heterocycles. The van der Waals surface area contributed by atoms with Crippen molar-refractivity contribution in [3.8, 4) is 0 Å². The number of Topliss-reactive ketones (excluding diaryl/α,β-unsaturated/α-hetero) is 1. The van der Waals surface area contributed by atoms with Crippen molar-refractivity contribution in [3.63, 3.8) is 0 Å². The van der Waals surface area contributed by atoms with Gasteiger partial charge in [-0.15, -0.1) is 0 Å². The summed E-state index contributed by atoms with van der Waals surface area (Å²) < 4.78 is 4.70. The van der Waals surface area contributed by atoms with E-state index in [4.69, 9.17) is 10.5 Å². The molecule has 0 aliphatic rings. The van der Waals surface area contributed by atoms with Gasteiger partial charge >= 0.3 is 5.97 Å². The number of carbonyl (C=O) groups is 2. The molecule has 0 saturated carbocycles. The zero-order valence-corrected chi connectivity index (χ0v) is 11.0. The van der Waals surface area contributed by atoms with Crippen molar-refractivity contribution < 1.29 is 14.3 Å². The standard InChI is InChI=1S/C14H19NO3/c1-10(2)14(15,13(17)18-3)9-12(16)11-7-5-4-6-8-11/h4-8,10H,9,15H2,1-3H3. The Balaban J connectivity index is 2.92. The van der Waals surface area contributed by atoms with Crippen molar-refractivity contribution in [2.24, 2.45) is 11.7 Å². The number of ether oxygens (including phenoxy) is 1. The van der Waals surface area contributed by atoms with E-state index in [1.54, 1.807) is 38.1 Å². The number of benzene rings is 1. The highest BCUT2D eigenvalue weighted by atomic mass is 16.5. The zero-order valence-electron chi connectivity index (χ0n) is 11.0. The maximum atomic E-state index is 12.1.